The van der Waals surface area contributed by atoms with Crippen molar-refractivity contribution in [1.82, 2.24) is 0 Å². The summed E-state index contributed by atoms with van der Waals surface area (Å²) in [6.45, 7) is 4.71. The van der Waals surface area contributed by atoms with E-state index in [1.54, 1.807) is 0 Å². The van der Waals surface area contributed by atoms with Gasteiger partial charge in [-0.15, -0.1) is 0 Å². The van der Waals surface area contributed by atoms with Gasteiger partial charge >= 0.3 is 0 Å². The van der Waals surface area contributed by atoms with Crippen LogP contribution >= 0.6 is 0 Å². The predicted molar refractivity (Wildman–Crippen MR) is 252 cm³/mol. The third-order valence-corrected chi connectivity index (χ3v) is 17.8. The zero-order valence-electron chi connectivity index (χ0n) is 33.3. The maximum absolute atomic E-state index is 2.68. The van der Waals surface area contributed by atoms with Crippen LogP contribution in [0.25, 0.3) is 44.5 Å². The molecule has 1 aliphatic heterocycles. The minimum Gasteiger partial charge on any atom is -0.310 e. The third kappa shape index (κ3) is 5.44. The van der Waals surface area contributed by atoms with Gasteiger partial charge in [0.25, 0.3) is 0 Å². The smallest absolute Gasteiger partial charge is 0.180 e. The molecule has 0 radical (unpaired) electrons. The average molecular weight is 770 g/mol. The molecular formula is C57H43NSi. The Bertz CT molecular complexity index is 2950. The monoisotopic (exact) mass is 769 g/mol. The fraction of sp³-hybridized carbons (Fsp3) is 0.0526. The number of anilines is 3. The van der Waals surface area contributed by atoms with Gasteiger partial charge in [0.15, 0.2) is 8.07 Å². The fourth-order valence-electron chi connectivity index (χ4n) is 10.2. The molecule has 0 bridgehead atoms. The van der Waals surface area contributed by atoms with E-state index in [0.29, 0.717) is 0 Å². The molecule has 1 aliphatic carbocycles. The van der Waals surface area contributed by atoms with E-state index in [9.17, 15) is 0 Å². The average Bonchev–Trinajstić information content (AvgIpc) is 3.74. The first-order chi connectivity index (χ1) is 29.0. The molecule has 0 atom stereocenters. The normalized spacial score (nSPS) is 13.9. The molecule has 0 N–H and O–H groups in total. The molecule has 1 nitrogen and oxygen atoms in total. The van der Waals surface area contributed by atoms with Gasteiger partial charge in [-0.1, -0.05) is 202 Å². The molecule has 0 unspecified atom stereocenters. The number of rotatable bonds is 7. The zero-order valence-corrected chi connectivity index (χ0v) is 34.3. The van der Waals surface area contributed by atoms with E-state index in [1.165, 1.54) is 82.1 Å². The molecule has 280 valence electrons. The van der Waals surface area contributed by atoms with Gasteiger partial charge in [-0.3, -0.25) is 0 Å². The van der Waals surface area contributed by atoms with Crippen molar-refractivity contribution in [3.8, 4) is 44.5 Å². The van der Waals surface area contributed by atoms with E-state index in [2.05, 4.69) is 243 Å². The largest absolute Gasteiger partial charge is 0.310 e. The van der Waals surface area contributed by atoms with Crippen molar-refractivity contribution < 1.29 is 0 Å². The fourth-order valence-corrected chi connectivity index (χ4v) is 15.4. The summed E-state index contributed by atoms with van der Waals surface area (Å²) in [5.74, 6) is 0. The van der Waals surface area contributed by atoms with Crippen LogP contribution in [0, 0.1) is 0 Å². The van der Waals surface area contributed by atoms with E-state index >= 15 is 0 Å². The van der Waals surface area contributed by atoms with Crippen LogP contribution < -0.4 is 25.6 Å². The highest BCUT2D eigenvalue weighted by atomic mass is 28.3. The van der Waals surface area contributed by atoms with Crippen LogP contribution in [-0.4, -0.2) is 8.07 Å². The summed E-state index contributed by atoms with van der Waals surface area (Å²) in [6.07, 6.45) is 0. The first kappa shape index (κ1) is 35.2. The van der Waals surface area contributed by atoms with Crippen molar-refractivity contribution in [3.63, 3.8) is 0 Å². The summed E-state index contributed by atoms with van der Waals surface area (Å²) >= 11 is 0. The van der Waals surface area contributed by atoms with Gasteiger partial charge in [0, 0.05) is 22.4 Å². The molecule has 9 aromatic rings. The number of fused-ring (bicyclic) bond motifs is 6. The molecular weight excluding hydrogens is 727 g/mol. The topological polar surface area (TPSA) is 3.24 Å². The Balaban J connectivity index is 1.09. The molecule has 0 fully saturated rings. The summed E-state index contributed by atoms with van der Waals surface area (Å²) in [7, 11) is -2.68. The van der Waals surface area contributed by atoms with Crippen LogP contribution in [0.2, 0.25) is 0 Å². The lowest BCUT2D eigenvalue weighted by Crippen LogP contribution is -2.72. The van der Waals surface area contributed by atoms with E-state index < -0.39 is 8.07 Å². The van der Waals surface area contributed by atoms with Gasteiger partial charge < -0.3 is 4.90 Å². The lowest BCUT2D eigenvalue weighted by molar-refractivity contribution is 0.660. The van der Waals surface area contributed by atoms with Crippen LogP contribution in [0.1, 0.15) is 25.0 Å². The summed E-state index contributed by atoms with van der Waals surface area (Å²) in [6, 6.07) is 83.7. The second-order valence-corrected chi connectivity index (χ2v) is 20.2. The number of nitrogens with zero attached hydrogens (tertiary/aromatic N) is 1. The SMILES string of the molecule is CC1(C)c2ccccc2-c2ccc(-c3ccc(N(c4ccc(-c5ccccc5)cc4)c4cccc5c4-c4ccccc4[Si]5(c4ccccc4)c4ccccc4)cc3)cc21. The Labute approximate surface area is 348 Å². The van der Waals surface area contributed by atoms with Gasteiger partial charge in [-0.05, 0) is 107 Å². The molecule has 0 saturated heterocycles. The molecule has 0 amide bonds. The predicted octanol–water partition coefficient (Wildman–Crippen LogP) is 12.2. The Hall–Kier alpha value is -7.00. The van der Waals surface area contributed by atoms with E-state index in [4.69, 9.17) is 0 Å². The van der Waals surface area contributed by atoms with Crippen LogP contribution in [0.4, 0.5) is 17.1 Å². The maximum atomic E-state index is 2.48. The van der Waals surface area contributed by atoms with E-state index in [0.717, 1.165) is 11.4 Å². The molecule has 2 aliphatic rings. The van der Waals surface area contributed by atoms with Gasteiger partial charge in [-0.25, -0.2) is 0 Å². The summed E-state index contributed by atoms with van der Waals surface area (Å²) < 4.78 is 0. The summed E-state index contributed by atoms with van der Waals surface area (Å²) in [5.41, 5.74) is 16.4. The first-order valence-corrected chi connectivity index (χ1v) is 22.7. The molecule has 0 saturated carbocycles. The van der Waals surface area contributed by atoms with Gasteiger partial charge in [0.1, 0.15) is 0 Å². The van der Waals surface area contributed by atoms with Crippen LogP contribution in [-0.2, 0) is 5.41 Å². The number of hydrogen-bond donors (Lipinski definition) is 0. The molecule has 0 aromatic heterocycles. The van der Waals surface area contributed by atoms with Gasteiger partial charge in [0.2, 0.25) is 0 Å². The third-order valence-electron chi connectivity index (χ3n) is 13.0. The van der Waals surface area contributed by atoms with Crippen LogP contribution in [0.5, 0.6) is 0 Å². The Morgan fingerprint density at radius 3 is 1.47 bits per heavy atom. The lowest BCUT2D eigenvalue weighted by Gasteiger charge is -2.32. The Morgan fingerprint density at radius 2 is 0.831 bits per heavy atom. The zero-order chi connectivity index (χ0) is 39.6. The van der Waals surface area contributed by atoms with Crippen molar-refractivity contribution in [2.45, 2.75) is 19.3 Å². The van der Waals surface area contributed by atoms with E-state index in [-0.39, 0.29) is 5.41 Å². The highest BCUT2D eigenvalue weighted by Gasteiger charge is 2.49. The van der Waals surface area contributed by atoms with Crippen molar-refractivity contribution in [3.05, 3.63) is 236 Å². The maximum Gasteiger partial charge on any atom is 0.180 e. The van der Waals surface area contributed by atoms with Crippen molar-refractivity contribution in [2.75, 3.05) is 4.90 Å². The Morgan fingerprint density at radius 1 is 0.356 bits per heavy atom. The van der Waals surface area contributed by atoms with Crippen LogP contribution in [0.3, 0.4) is 0 Å². The molecule has 1 heterocycles. The highest BCUT2D eigenvalue weighted by molar-refractivity contribution is 7.22. The van der Waals surface area contributed by atoms with Gasteiger partial charge in [0.05, 0.1) is 5.69 Å². The standard InChI is InChI=1S/C57H43NSi/c1-57(2)51-25-14-12-23-48(51)49-38-33-43(39-52(49)57)42-31-36-45(37-32-42)58(44-34-29-41(30-35-44)40-17-6-3-7-18-40)53-26-16-28-55-56(53)50-24-13-15-27-54(50)59(55,46-19-8-4-9-20-46)47-21-10-5-11-22-47/h3-39H,1-2H3. The lowest BCUT2D eigenvalue weighted by atomic mass is 9.81. The number of hydrogen-bond acceptors (Lipinski definition) is 1. The molecule has 9 aromatic carbocycles. The number of benzene rings is 9. The molecule has 11 rings (SSSR count). The Kier molecular flexibility index (Phi) is 8.25. The van der Waals surface area contributed by atoms with Crippen molar-refractivity contribution in [1.29, 1.82) is 0 Å². The molecule has 59 heavy (non-hydrogen) atoms. The summed E-state index contributed by atoms with van der Waals surface area (Å²) in [5, 5.41) is 5.67. The van der Waals surface area contributed by atoms with Gasteiger partial charge in [-0.2, -0.15) is 0 Å². The van der Waals surface area contributed by atoms with Crippen molar-refractivity contribution in [2.24, 2.45) is 0 Å². The minimum absolute atomic E-state index is 0.0490. The van der Waals surface area contributed by atoms with Crippen LogP contribution in [0.15, 0.2) is 224 Å². The minimum atomic E-state index is -2.68. The van der Waals surface area contributed by atoms with E-state index in [1.807, 2.05) is 0 Å². The molecule has 0 spiro atoms. The quantitative estimate of drug-likeness (QED) is 0.146. The van der Waals surface area contributed by atoms with Crippen molar-refractivity contribution >= 4 is 45.9 Å². The highest BCUT2D eigenvalue weighted by Crippen LogP contribution is 2.50. The summed E-state index contributed by atoms with van der Waals surface area (Å²) in [4.78, 5) is 2.48. The first-order valence-electron chi connectivity index (χ1n) is 20.7. The molecule has 2 heteroatoms. The second kappa shape index (κ2) is 13.8. The second-order valence-electron chi connectivity index (χ2n) is 16.5.